The van der Waals surface area contributed by atoms with Crippen LogP contribution in [0.4, 0.5) is 5.95 Å². The minimum Gasteiger partial charge on any atom is -0.338 e. The number of rotatable bonds is 3. The third kappa shape index (κ3) is 2.55. The summed E-state index contributed by atoms with van der Waals surface area (Å²) in [4.78, 5) is 6.70. The van der Waals surface area contributed by atoms with Crippen LogP contribution < -0.4 is 4.90 Å². The maximum Gasteiger partial charge on any atom is 0.266 e. The van der Waals surface area contributed by atoms with Crippen molar-refractivity contribution in [2.24, 2.45) is 0 Å². The van der Waals surface area contributed by atoms with Crippen LogP contribution in [-0.2, 0) is 6.42 Å². The third-order valence-electron chi connectivity index (χ3n) is 4.09. The molecule has 0 spiro atoms. The molecule has 1 aromatic heterocycles. The summed E-state index contributed by atoms with van der Waals surface area (Å²) in [5.41, 5.74) is 2.83. The topological polar surface area (TPSA) is 42.2 Å². The molecule has 4 nitrogen and oxygen atoms in total. The lowest BCUT2D eigenvalue weighted by molar-refractivity contribution is 0.379. The molecule has 1 atom stereocenters. The van der Waals surface area contributed by atoms with E-state index in [1.54, 1.807) is 0 Å². The van der Waals surface area contributed by atoms with Crippen molar-refractivity contribution in [3.8, 4) is 0 Å². The maximum atomic E-state index is 5.23. The molecule has 1 aliphatic rings. The summed E-state index contributed by atoms with van der Waals surface area (Å²) in [6.07, 6.45) is 3.21. The van der Waals surface area contributed by atoms with Gasteiger partial charge in [-0.3, -0.25) is 0 Å². The van der Waals surface area contributed by atoms with Gasteiger partial charge in [0.2, 0.25) is 5.89 Å². The molecule has 0 N–H and O–H groups in total. The van der Waals surface area contributed by atoms with Crippen LogP contribution in [-0.4, -0.2) is 23.2 Å². The highest BCUT2D eigenvalue weighted by Gasteiger charge is 2.25. The quantitative estimate of drug-likeness (QED) is 0.858. The molecule has 3 rings (SSSR count). The molecule has 1 saturated heterocycles. The van der Waals surface area contributed by atoms with E-state index in [1.807, 2.05) is 6.92 Å². The van der Waals surface area contributed by atoms with Crippen molar-refractivity contribution in [1.82, 2.24) is 10.1 Å². The zero-order valence-corrected chi connectivity index (χ0v) is 12.2. The van der Waals surface area contributed by atoms with Crippen molar-refractivity contribution in [2.75, 3.05) is 18.0 Å². The summed E-state index contributed by atoms with van der Waals surface area (Å²) in [5.74, 6) is 2.03. The first-order valence-corrected chi connectivity index (χ1v) is 7.41. The van der Waals surface area contributed by atoms with Gasteiger partial charge >= 0.3 is 0 Å². The molecule has 0 saturated carbocycles. The van der Waals surface area contributed by atoms with Crippen molar-refractivity contribution in [3.63, 3.8) is 0 Å². The number of aryl methyl sites for hydroxylation is 2. The van der Waals surface area contributed by atoms with Gasteiger partial charge in [0.05, 0.1) is 0 Å². The molecule has 20 heavy (non-hydrogen) atoms. The average molecular weight is 271 g/mol. The molecular weight excluding hydrogens is 250 g/mol. The van der Waals surface area contributed by atoms with Gasteiger partial charge in [-0.25, -0.2) is 0 Å². The fourth-order valence-electron chi connectivity index (χ4n) is 2.98. The number of benzene rings is 1. The van der Waals surface area contributed by atoms with Gasteiger partial charge in [0.1, 0.15) is 0 Å². The van der Waals surface area contributed by atoms with Gasteiger partial charge in [-0.05, 0) is 36.0 Å². The minimum absolute atomic E-state index is 0.563. The van der Waals surface area contributed by atoms with Gasteiger partial charge in [-0.15, -0.1) is 0 Å². The van der Waals surface area contributed by atoms with Crippen LogP contribution >= 0.6 is 0 Å². The molecule has 4 heteroatoms. The Labute approximate surface area is 119 Å². The van der Waals surface area contributed by atoms with E-state index in [0.717, 1.165) is 31.3 Å². The molecule has 2 aromatic rings. The lowest BCUT2D eigenvalue weighted by Gasteiger charge is -2.32. The molecule has 1 aliphatic heterocycles. The second-order valence-corrected chi connectivity index (χ2v) is 5.48. The fraction of sp³-hybridized carbons (Fsp3) is 0.500. The number of aromatic nitrogens is 2. The number of anilines is 1. The highest BCUT2D eigenvalue weighted by Crippen LogP contribution is 2.30. The second kappa shape index (κ2) is 5.65. The lowest BCUT2D eigenvalue weighted by atomic mass is 9.88. The normalized spacial score (nSPS) is 19.3. The van der Waals surface area contributed by atoms with Crippen LogP contribution in [0, 0.1) is 6.92 Å². The van der Waals surface area contributed by atoms with Crippen molar-refractivity contribution in [3.05, 3.63) is 41.3 Å². The van der Waals surface area contributed by atoms with Crippen LogP contribution in [0.3, 0.4) is 0 Å². The predicted molar refractivity (Wildman–Crippen MR) is 79.0 cm³/mol. The predicted octanol–water partition coefficient (Wildman–Crippen LogP) is 3.32. The summed E-state index contributed by atoms with van der Waals surface area (Å²) in [6, 6.07) is 8.67. The van der Waals surface area contributed by atoms with E-state index >= 15 is 0 Å². The minimum atomic E-state index is 0.563. The number of hydrogen-bond acceptors (Lipinski definition) is 4. The standard InChI is InChI=1S/C16H21N3O/c1-3-15-17-16(18-20-15)19-10-6-8-13(11-19)14-9-5-4-7-12(14)2/h4-5,7,9,13H,3,6,8,10-11H2,1-2H3/t13-/m1/s1. The molecule has 0 aliphatic carbocycles. The summed E-state index contributed by atoms with van der Waals surface area (Å²) >= 11 is 0. The summed E-state index contributed by atoms with van der Waals surface area (Å²) in [7, 11) is 0. The fourth-order valence-corrected chi connectivity index (χ4v) is 2.98. The largest absolute Gasteiger partial charge is 0.338 e. The zero-order valence-electron chi connectivity index (χ0n) is 12.2. The van der Waals surface area contributed by atoms with E-state index < -0.39 is 0 Å². The van der Waals surface area contributed by atoms with Gasteiger partial charge in [-0.1, -0.05) is 31.2 Å². The van der Waals surface area contributed by atoms with E-state index in [2.05, 4.69) is 46.2 Å². The Morgan fingerprint density at radius 2 is 2.20 bits per heavy atom. The van der Waals surface area contributed by atoms with E-state index in [0.29, 0.717) is 5.92 Å². The molecule has 1 fully saturated rings. The third-order valence-corrected chi connectivity index (χ3v) is 4.09. The monoisotopic (exact) mass is 271 g/mol. The molecule has 0 unspecified atom stereocenters. The number of hydrogen-bond donors (Lipinski definition) is 0. The smallest absolute Gasteiger partial charge is 0.266 e. The molecule has 0 amide bonds. The average Bonchev–Trinajstić information content (AvgIpc) is 2.97. The van der Waals surface area contributed by atoms with Crippen LogP contribution in [0.15, 0.2) is 28.8 Å². The van der Waals surface area contributed by atoms with Crippen molar-refractivity contribution < 1.29 is 4.52 Å². The van der Waals surface area contributed by atoms with E-state index in [-0.39, 0.29) is 0 Å². The molecule has 2 heterocycles. The second-order valence-electron chi connectivity index (χ2n) is 5.48. The van der Waals surface area contributed by atoms with Crippen molar-refractivity contribution >= 4 is 5.95 Å². The Bertz CT molecular complexity index is 579. The van der Waals surface area contributed by atoms with Gasteiger partial charge in [0.15, 0.2) is 0 Å². The summed E-state index contributed by atoms with van der Waals surface area (Å²) in [5, 5.41) is 4.10. The Balaban J connectivity index is 1.78. The molecule has 0 bridgehead atoms. The van der Waals surface area contributed by atoms with E-state index in [1.165, 1.54) is 24.0 Å². The van der Waals surface area contributed by atoms with E-state index in [4.69, 9.17) is 4.52 Å². The first kappa shape index (κ1) is 13.2. The first-order valence-electron chi connectivity index (χ1n) is 7.41. The summed E-state index contributed by atoms with van der Waals surface area (Å²) in [6.45, 7) is 6.22. The van der Waals surface area contributed by atoms with Gasteiger partial charge in [-0.2, -0.15) is 4.98 Å². The Hall–Kier alpha value is -1.84. The Morgan fingerprint density at radius 3 is 2.95 bits per heavy atom. The lowest BCUT2D eigenvalue weighted by Crippen LogP contribution is -2.35. The molecule has 0 radical (unpaired) electrons. The molecular formula is C16H21N3O. The molecule has 1 aromatic carbocycles. The first-order chi connectivity index (χ1) is 9.78. The molecule has 106 valence electrons. The van der Waals surface area contributed by atoms with Gasteiger partial charge < -0.3 is 9.42 Å². The van der Waals surface area contributed by atoms with Crippen LogP contribution in [0.25, 0.3) is 0 Å². The number of piperidine rings is 1. The highest BCUT2D eigenvalue weighted by molar-refractivity contribution is 5.35. The van der Waals surface area contributed by atoms with Gasteiger partial charge in [0.25, 0.3) is 5.95 Å². The van der Waals surface area contributed by atoms with Crippen LogP contribution in [0.5, 0.6) is 0 Å². The highest BCUT2D eigenvalue weighted by atomic mass is 16.5. The Morgan fingerprint density at radius 1 is 1.35 bits per heavy atom. The van der Waals surface area contributed by atoms with Crippen LogP contribution in [0.2, 0.25) is 0 Å². The van der Waals surface area contributed by atoms with Gasteiger partial charge in [0, 0.05) is 25.4 Å². The maximum absolute atomic E-state index is 5.23. The summed E-state index contributed by atoms with van der Waals surface area (Å²) < 4.78 is 5.23. The van der Waals surface area contributed by atoms with Crippen LogP contribution in [0.1, 0.15) is 42.7 Å². The van der Waals surface area contributed by atoms with Crippen molar-refractivity contribution in [1.29, 1.82) is 0 Å². The Kier molecular flexibility index (Phi) is 3.72. The van der Waals surface area contributed by atoms with Crippen molar-refractivity contribution in [2.45, 2.75) is 39.0 Å². The van der Waals surface area contributed by atoms with E-state index in [9.17, 15) is 0 Å². The number of nitrogens with zero attached hydrogens (tertiary/aromatic N) is 3. The zero-order chi connectivity index (χ0) is 13.9. The SMILES string of the molecule is CCc1nc(N2CCC[C@@H](c3ccccc3C)C2)no1.